The second-order valence-corrected chi connectivity index (χ2v) is 5.49. The van der Waals surface area contributed by atoms with E-state index < -0.39 is 0 Å². The van der Waals surface area contributed by atoms with E-state index in [0.29, 0.717) is 35.6 Å². The molecule has 0 bridgehead atoms. The minimum absolute atomic E-state index is 0.337. The van der Waals surface area contributed by atoms with Gasteiger partial charge in [0.25, 0.3) is 0 Å². The molecule has 2 aromatic carbocycles. The molecule has 0 saturated carbocycles. The number of methoxy groups -OCH3 is 4. The van der Waals surface area contributed by atoms with Crippen LogP contribution in [0, 0.1) is 0 Å². The maximum atomic E-state index is 5.74. The van der Waals surface area contributed by atoms with Crippen molar-refractivity contribution >= 4 is 5.69 Å². The molecule has 0 aliphatic rings. The molecule has 0 saturated heterocycles. The molecule has 0 aliphatic heterocycles. The third-order valence-corrected chi connectivity index (χ3v) is 3.93. The third-order valence-electron chi connectivity index (χ3n) is 3.93. The van der Waals surface area contributed by atoms with Gasteiger partial charge in [-0.25, -0.2) is 0 Å². The number of nitrogens with one attached hydrogen (secondary N) is 1. The zero-order valence-electron chi connectivity index (χ0n) is 15.6. The van der Waals surface area contributed by atoms with Crippen LogP contribution >= 0.6 is 0 Å². The second kappa shape index (κ2) is 8.31. The molecule has 0 spiro atoms. The molecule has 0 radical (unpaired) electrons. The molecule has 0 fully saturated rings. The summed E-state index contributed by atoms with van der Waals surface area (Å²) in [5, 5.41) is 11.4. The Hall–Kier alpha value is -3.42. The first kappa shape index (κ1) is 18.4. The van der Waals surface area contributed by atoms with Crippen LogP contribution in [-0.4, -0.2) is 38.6 Å². The van der Waals surface area contributed by atoms with Crippen LogP contribution in [0.25, 0.3) is 11.5 Å². The summed E-state index contributed by atoms with van der Waals surface area (Å²) in [4.78, 5) is 0. The second-order valence-electron chi connectivity index (χ2n) is 5.49. The highest BCUT2D eigenvalue weighted by molar-refractivity contribution is 5.61. The highest BCUT2D eigenvalue weighted by Gasteiger charge is 2.13. The summed E-state index contributed by atoms with van der Waals surface area (Å²) < 4.78 is 26.9. The quantitative estimate of drug-likeness (QED) is 0.645. The first-order chi connectivity index (χ1) is 13.2. The Bertz CT molecular complexity index is 910. The number of anilines is 1. The molecule has 0 atom stereocenters. The molecule has 3 aromatic rings. The normalized spacial score (nSPS) is 10.4. The Labute approximate surface area is 157 Å². The summed E-state index contributed by atoms with van der Waals surface area (Å²) in [6, 6.07) is 10.9. The Kier molecular flexibility index (Phi) is 5.65. The summed E-state index contributed by atoms with van der Waals surface area (Å²) in [6.07, 6.45) is 0. The topological polar surface area (TPSA) is 87.9 Å². The summed E-state index contributed by atoms with van der Waals surface area (Å²) in [5.74, 6) is 3.46. The van der Waals surface area contributed by atoms with Gasteiger partial charge in [-0.3, -0.25) is 0 Å². The maximum absolute atomic E-state index is 5.74. The van der Waals surface area contributed by atoms with Crippen LogP contribution in [0.4, 0.5) is 5.69 Å². The fraction of sp³-hybridized carbons (Fsp3) is 0.263. The van der Waals surface area contributed by atoms with Gasteiger partial charge in [0, 0.05) is 11.6 Å². The van der Waals surface area contributed by atoms with Gasteiger partial charge in [-0.05, 0) is 30.3 Å². The molecule has 1 N–H and O–H groups in total. The Balaban J connectivity index is 1.75. The summed E-state index contributed by atoms with van der Waals surface area (Å²) in [6.45, 7) is 0.337. The predicted molar refractivity (Wildman–Crippen MR) is 99.7 cm³/mol. The molecule has 0 unspecified atom stereocenters. The van der Waals surface area contributed by atoms with E-state index in [1.165, 1.54) is 0 Å². The number of ether oxygens (including phenoxy) is 4. The lowest BCUT2D eigenvalue weighted by molar-refractivity contribution is 0.355. The fourth-order valence-corrected chi connectivity index (χ4v) is 2.53. The maximum Gasteiger partial charge on any atom is 0.247 e. The zero-order valence-corrected chi connectivity index (χ0v) is 15.6. The van der Waals surface area contributed by atoms with Gasteiger partial charge in [-0.1, -0.05) is 0 Å². The minimum atomic E-state index is 0.337. The lowest BCUT2D eigenvalue weighted by Gasteiger charge is -2.11. The Morgan fingerprint density at radius 1 is 0.815 bits per heavy atom. The molecule has 8 heteroatoms. The first-order valence-corrected chi connectivity index (χ1v) is 8.19. The van der Waals surface area contributed by atoms with Crippen molar-refractivity contribution in [2.45, 2.75) is 6.54 Å². The van der Waals surface area contributed by atoms with Gasteiger partial charge >= 0.3 is 0 Å². The average Bonchev–Trinajstić information content (AvgIpc) is 3.20. The van der Waals surface area contributed by atoms with Crippen LogP contribution < -0.4 is 24.3 Å². The molecule has 0 amide bonds. The van der Waals surface area contributed by atoms with Crippen LogP contribution in [0.1, 0.15) is 5.89 Å². The van der Waals surface area contributed by atoms with Crippen molar-refractivity contribution in [1.82, 2.24) is 10.2 Å². The average molecular weight is 371 g/mol. The van der Waals surface area contributed by atoms with Gasteiger partial charge in [-0.15, -0.1) is 10.2 Å². The van der Waals surface area contributed by atoms with Gasteiger partial charge in [0.05, 0.1) is 40.7 Å². The summed E-state index contributed by atoms with van der Waals surface area (Å²) >= 11 is 0. The monoisotopic (exact) mass is 371 g/mol. The van der Waals surface area contributed by atoms with Gasteiger partial charge in [-0.2, -0.15) is 0 Å². The lowest BCUT2D eigenvalue weighted by Crippen LogP contribution is -2.02. The molecule has 142 valence electrons. The lowest BCUT2D eigenvalue weighted by atomic mass is 10.2. The standard InChI is InChI=1S/C19H21N3O5/c1-23-13-6-8-15(24-2)14(10-13)20-11-18-21-22-19(27-18)12-5-7-16(25-3)17(9-12)26-4/h5-10,20H,11H2,1-4H3. The molecule has 0 aliphatic carbocycles. The first-order valence-electron chi connectivity index (χ1n) is 8.19. The SMILES string of the molecule is COc1ccc(OC)c(NCc2nnc(-c3ccc(OC)c(OC)c3)o2)c1. The minimum Gasteiger partial charge on any atom is -0.497 e. The van der Waals surface area contributed by atoms with Gasteiger partial charge in [0.1, 0.15) is 11.5 Å². The van der Waals surface area contributed by atoms with Crippen molar-refractivity contribution < 1.29 is 23.4 Å². The van der Waals surface area contributed by atoms with E-state index in [-0.39, 0.29) is 0 Å². The number of hydrogen-bond donors (Lipinski definition) is 1. The fourth-order valence-electron chi connectivity index (χ4n) is 2.53. The largest absolute Gasteiger partial charge is 0.497 e. The van der Waals surface area contributed by atoms with Crippen LogP contribution in [-0.2, 0) is 6.54 Å². The van der Waals surface area contributed by atoms with E-state index in [2.05, 4.69) is 15.5 Å². The molecule has 3 rings (SSSR count). The smallest absolute Gasteiger partial charge is 0.247 e. The Morgan fingerprint density at radius 3 is 2.26 bits per heavy atom. The molecule has 27 heavy (non-hydrogen) atoms. The summed E-state index contributed by atoms with van der Waals surface area (Å²) in [7, 11) is 6.38. The predicted octanol–water partition coefficient (Wildman–Crippen LogP) is 3.38. The summed E-state index contributed by atoms with van der Waals surface area (Å²) in [5.41, 5.74) is 1.51. The molecule has 8 nitrogen and oxygen atoms in total. The van der Waals surface area contributed by atoms with Crippen molar-refractivity contribution in [2.75, 3.05) is 33.8 Å². The zero-order chi connectivity index (χ0) is 19.2. The highest BCUT2D eigenvalue weighted by Crippen LogP contribution is 2.32. The molecular weight excluding hydrogens is 350 g/mol. The van der Waals surface area contributed by atoms with Crippen molar-refractivity contribution in [1.29, 1.82) is 0 Å². The van der Waals surface area contributed by atoms with Crippen molar-refractivity contribution in [2.24, 2.45) is 0 Å². The van der Waals surface area contributed by atoms with E-state index in [1.807, 2.05) is 24.3 Å². The van der Waals surface area contributed by atoms with Crippen LogP contribution in [0.3, 0.4) is 0 Å². The van der Waals surface area contributed by atoms with Crippen molar-refractivity contribution in [3.05, 3.63) is 42.3 Å². The highest BCUT2D eigenvalue weighted by atomic mass is 16.5. The van der Waals surface area contributed by atoms with Crippen molar-refractivity contribution in [3.63, 3.8) is 0 Å². The number of aromatic nitrogens is 2. The van der Waals surface area contributed by atoms with Gasteiger partial charge < -0.3 is 28.7 Å². The number of rotatable bonds is 8. The van der Waals surface area contributed by atoms with Gasteiger partial charge in [0.15, 0.2) is 11.5 Å². The number of hydrogen-bond acceptors (Lipinski definition) is 8. The van der Waals surface area contributed by atoms with Crippen LogP contribution in [0.15, 0.2) is 40.8 Å². The van der Waals surface area contributed by atoms with Crippen LogP contribution in [0.2, 0.25) is 0 Å². The van der Waals surface area contributed by atoms with E-state index in [1.54, 1.807) is 40.6 Å². The third kappa shape index (κ3) is 4.05. The van der Waals surface area contributed by atoms with E-state index in [9.17, 15) is 0 Å². The van der Waals surface area contributed by atoms with E-state index in [4.69, 9.17) is 23.4 Å². The molecule has 1 heterocycles. The van der Waals surface area contributed by atoms with Crippen LogP contribution in [0.5, 0.6) is 23.0 Å². The van der Waals surface area contributed by atoms with E-state index in [0.717, 1.165) is 17.0 Å². The number of benzene rings is 2. The van der Waals surface area contributed by atoms with Crippen molar-refractivity contribution in [3.8, 4) is 34.5 Å². The van der Waals surface area contributed by atoms with E-state index >= 15 is 0 Å². The molecule has 1 aromatic heterocycles. The Morgan fingerprint density at radius 2 is 1.56 bits per heavy atom. The molecular formula is C19H21N3O5. The van der Waals surface area contributed by atoms with Gasteiger partial charge in [0.2, 0.25) is 11.8 Å². The number of nitrogens with zero attached hydrogens (tertiary/aromatic N) is 2.